The molecule has 0 aliphatic heterocycles. The van der Waals surface area contributed by atoms with Crippen LogP contribution in [-0.4, -0.2) is 35.3 Å². The van der Waals surface area contributed by atoms with Gasteiger partial charge in [-0.05, 0) is 50.8 Å². The van der Waals surface area contributed by atoms with Gasteiger partial charge in [0.15, 0.2) is 6.10 Å². The molecule has 1 heterocycles. The first-order valence-corrected chi connectivity index (χ1v) is 11.2. The molecule has 1 aromatic heterocycles. The summed E-state index contributed by atoms with van der Waals surface area (Å²) in [6.07, 6.45) is 7.35. The molecule has 0 spiro atoms. The van der Waals surface area contributed by atoms with Crippen molar-refractivity contribution in [3.63, 3.8) is 0 Å². The molecule has 1 aromatic rings. The maximum Gasteiger partial charge on any atom is 0.340 e. The Morgan fingerprint density at radius 2 is 2.04 bits per heavy atom. The van der Waals surface area contributed by atoms with Crippen LogP contribution in [0.4, 0.5) is 0 Å². The molecule has 2 aliphatic rings. The van der Waals surface area contributed by atoms with E-state index in [-0.39, 0.29) is 23.1 Å². The molecule has 0 aromatic carbocycles. The fourth-order valence-electron chi connectivity index (χ4n) is 3.65. The smallest absolute Gasteiger partial charge is 0.340 e. The molecule has 28 heavy (non-hydrogen) atoms. The van der Waals surface area contributed by atoms with E-state index < -0.39 is 12.1 Å². The lowest BCUT2D eigenvalue weighted by molar-refractivity contribution is -0.130. The van der Waals surface area contributed by atoms with Crippen molar-refractivity contribution in [2.45, 2.75) is 75.5 Å². The van der Waals surface area contributed by atoms with Gasteiger partial charge in [0.25, 0.3) is 5.91 Å². The van der Waals surface area contributed by atoms with Gasteiger partial charge in [0.05, 0.1) is 11.1 Å². The second kappa shape index (κ2) is 8.95. The number of nitriles is 1. The number of amides is 1. The van der Waals surface area contributed by atoms with E-state index in [1.807, 2.05) is 6.26 Å². The Labute approximate surface area is 170 Å². The second-order valence-electron chi connectivity index (χ2n) is 7.79. The third-order valence-electron chi connectivity index (χ3n) is 5.62. The minimum atomic E-state index is -0.913. The number of esters is 1. The van der Waals surface area contributed by atoms with E-state index in [0.29, 0.717) is 16.9 Å². The third-order valence-corrected chi connectivity index (χ3v) is 6.30. The van der Waals surface area contributed by atoms with E-state index in [9.17, 15) is 14.9 Å². The van der Waals surface area contributed by atoms with E-state index in [0.717, 1.165) is 37.8 Å². The van der Waals surface area contributed by atoms with Crippen LogP contribution < -0.4 is 5.32 Å². The first-order valence-electron chi connectivity index (χ1n) is 9.95. The number of nitrogens with one attached hydrogen (secondary N) is 1. The van der Waals surface area contributed by atoms with Crippen molar-refractivity contribution in [2.24, 2.45) is 5.92 Å². The molecule has 2 fully saturated rings. The topological polar surface area (TPSA) is 92.1 Å². The zero-order valence-electron chi connectivity index (χ0n) is 16.7. The molecule has 0 bridgehead atoms. The van der Waals surface area contributed by atoms with Gasteiger partial charge >= 0.3 is 5.97 Å². The van der Waals surface area contributed by atoms with Gasteiger partial charge in [-0.15, -0.1) is 11.8 Å². The molecule has 6 nitrogen and oxygen atoms in total. The van der Waals surface area contributed by atoms with E-state index in [1.54, 1.807) is 13.0 Å². The van der Waals surface area contributed by atoms with Crippen LogP contribution in [0.25, 0.3) is 0 Å². The Morgan fingerprint density at radius 3 is 2.64 bits per heavy atom. The van der Waals surface area contributed by atoms with Crippen molar-refractivity contribution in [1.82, 2.24) is 10.3 Å². The van der Waals surface area contributed by atoms with Crippen LogP contribution in [0.2, 0.25) is 0 Å². The Bertz CT molecular complexity index is 801. The monoisotopic (exact) mass is 401 g/mol. The number of nitrogens with zero attached hydrogens (tertiary/aromatic N) is 2. The minimum Gasteiger partial charge on any atom is -0.449 e. The van der Waals surface area contributed by atoms with Crippen molar-refractivity contribution >= 4 is 23.6 Å². The largest absolute Gasteiger partial charge is 0.449 e. The first kappa shape index (κ1) is 20.7. The van der Waals surface area contributed by atoms with Crippen molar-refractivity contribution in [3.05, 3.63) is 22.9 Å². The van der Waals surface area contributed by atoms with Crippen LogP contribution in [0.1, 0.15) is 79.9 Å². The second-order valence-corrected chi connectivity index (χ2v) is 8.58. The Balaban J connectivity index is 1.72. The number of carbonyl (C=O) groups excluding carboxylic acids is 2. The molecule has 3 atom stereocenters. The molecule has 0 saturated heterocycles. The van der Waals surface area contributed by atoms with Crippen LogP contribution in [0.5, 0.6) is 0 Å². The molecule has 0 radical (unpaired) electrons. The van der Waals surface area contributed by atoms with Crippen LogP contribution in [0.3, 0.4) is 0 Å². The van der Waals surface area contributed by atoms with Gasteiger partial charge in [0, 0.05) is 17.7 Å². The molecule has 3 unspecified atom stereocenters. The van der Waals surface area contributed by atoms with Gasteiger partial charge in [-0.2, -0.15) is 5.26 Å². The number of aromatic nitrogens is 1. The number of hydrogen-bond acceptors (Lipinski definition) is 6. The predicted octanol–water partition coefficient (Wildman–Crippen LogP) is 3.79. The maximum atomic E-state index is 12.8. The predicted molar refractivity (Wildman–Crippen MR) is 107 cm³/mol. The molecule has 2 aliphatic carbocycles. The Hall–Kier alpha value is -2.07. The van der Waals surface area contributed by atoms with Gasteiger partial charge in [-0.25, -0.2) is 9.78 Å². The summed E-state index contributed by atoms with van der Waals surface area (Å²) in [6, 6.07) is 3.86. The average molecular weight is 402 g/mol. The van der Waals surface area contributed by atoms with Crippen molar-refractivity contribution in [3.8, 4) is 6.07 Å². The number of pyridine rings is 1. The zero-order valence-corrected chi connectivity index (χ0v) is 17.5. The lowest BCUT2D eigenvalue weighted by atomic mass is 9.86. The molecule has 2 saturated carbocycles. The number of ether oxygens (including phenoxy) is 1. The highest BCUT2D eigenvalue weighted by Gasteiger charge is 2.31. The molecule has 150 valence electrons. The van der Waals surface area contributed by atoms with Crippen LogP contribution in [0.15, 0.2) is 11.1 Å². The minimum absolute atomic E-state index is 0.127. The lowest BCUT2D eigenvalue weighted by Crippen LogP contribution is -2.46. The number of hydrogen-bond donors (Lipinski definition) is 1. The number of thioether (sulfide) groups is 1. The molecule has 1 amide bonds. The summed E-state index contributed by atoms with van der Waals surface area (Å²) in [6.45, 7) is 3.71. The zero-order chi connectivity index (χ0) is 20.3. The third kappa shape index (κ3) is 4.67. The van der Waals surface area contributed by atoms with Crippen LogP contribution >= 0.6 is 11.8 Å². The average Bonchev–Trinajstić information content (AvgIpc) is 3.53. The summed E-state index contributed by atoms with van der Waals surface area (Å²) in [5, 5.41) is 13.1. The molecule has 1 N–H and O–H groups in total. The van der Waals surface area contributed by atoms with Crippen LogP contribution in [0, 0.1) is 17.2 Å². The van der Waals surface area contributed by atoms with Crippen molar-refractivity contribution in [1.29, 1.82) is 5.26 Å². The normalized spacial score (nSPS) is 22.8. The number of rotatable bonds is 6. The summed E-state index contributed by atoms with van der Waals surface area (Å²) in [5.74, 6) is -0.155. The van der Waals surface area contributed by atoms with E-state index in [2.05, 4.69) is 23.3 Å². The molecular formula is C21H27N3O3S. The van der Waals surface area contributed by atoms with Crippen molar-refractivity contribution < 1.29 is 14.3 Å². The summed E-state index contributed by atoms with van der Waals surface area (Å²) < 4.78 is 5.43. The van der Waals surface area contributed by atoms with E-state index >= 15 is 0 Å². The SMILES string of the molecule is CSc1nc(C2CC2)cc(C(=O)OC(C)C(=O)NC2CCCCC2C)c1C#N. The fraction of sp³-hybridized carbons (Fsp3) is 0.619. The highest BCUT2D eigenvalue weighted by Crippen LogP contribution is 2.40. The van der Waals surface area contributed by atoms with Crippen LogP contribution in [-0.2, 0) is 9.53 Å². The Morgan fingerprint density at radius 1 is 1.32 bits per heavy atom. The van der Waals surface area contributed by atoms with Gasteiger partial charge in [-0.1, -0.05) is 19.8 Å². The van der Waals surface area contributed by atoms with Gasteiger partial charge < -0.3 is 10.1 Å². The maximum absolute atomic E-state index is 12.8. The standard InChI is InChI=1S/C21H27N3O3S/c1-12-6-4-5-7-17(12)23-19(25)13(2)27-21(26)15-10-18(14-8-9-14)24-20(28-3)16(15)11-22/h10,12-14,17H,4-9H2,1-3H3,(H,23,25). The summed E-state index contributed by atoms with van der Waals surface area (Å²) in [5.41, 5.74) is 1.24. The summed E-state index contributed by atoms with van der Waals surface area (Å²) in [4.78, 5) is 29.8. The van der Waals surface area contributed by atoms with E-state index in [4.69, 9.17) is 4.74 Å². The Kier molecular flexibility index (Phi) is 6.61. The van der Waals surface area contributed by atoms with Crippen molar-refractivity contribution in [2.75, 3.05) is 6.26 Å². The summed E-state index contributed by atoms with van der Waals surface area (Å²) >= 11 is 1.34. The first-order chi connectivity index (χ1) is 13.4. The highest BCUT2D eigenvalue weighted by molar-refractivity contribution is 7.98. The molecular weight excluding hydrogens is 374 g/mol. The number of carbonyl (C=O) groups is 2. The molecule has 3 rings (SSSR count). The van der Waals surface area contributed by atoms with Gasteiger partial charge in [-0.3, -0.25) is 4.79 Å². The summed E-state index contributed by atoms with van der Waals surface area (Å²) in [7, 11) is 0. The lowest BCUT2D eigenvalue weighted by Gasteiger charge is -2.30. The highest BCUT2D eigenvalue weighted by atomic mass is 32.2. The van der Waals surface area contributed by atoms with E-state index in [1.165, 1.54) is 18.2 Å². The quantitative estimate of drug-likeness (QED) is 0.576. The molecule has 7 heteroatoms. The van der Waals surface area contributed by atoms with Gasteiger partial charge in [0.2, 0.25) is 0 Å². The van der Waals surface area contributed by atoms with Gasteiger partial charge in [0.1, 0.15) is 11.1 Å². The fourth-order valence-corrected chi connectivity index (χ4v) is 4.21.